The number of nitrogens with zero attached hydrogens (tertiary/aromatic N) is 1. The maximum Gasteiger partial charge on any atom is 0.275 e. The third-order valence-corrected chi connectivity index (χ3v) is 7.30. The number of rotatable bonds is 7. The van der Waals surface area contributed by atoms with Crippen molar-refractivity contribution in [3.8, 4) is 0 Å². The Labute approximate surface area is 164 Å². The van der Waals surface area contributed by atoms with Crippen LogP contribution >= 0.6 is 0 Å². The molecule has 1 aromatic rings. The summed E-state index contributed by atoms with van der Waals surface area (Å²) in [6, 6.07) is 7.17. The Balaban J connectivity index is 1.93. The van der Waals surface area contributed by atoms with Gasteiger partial charge < -0.3 is 10.2 Å². The number of nitrogens with one attached hydrogen (secondary N) is 2. The van der Waals surface area contributed by atoms with E-state index in [1.807, 2.05) is 32.9 Å². The van der Waals surface area contributed by atoms with Crippen molar-refractivity contribution in [3.63, 3.8) is 0 Å². The molecule has 0 atom stereocenters. The van der Waals surface area contributed by atoms with Gasteiger partial charge in [0.25, 0.3) is 5.91 Å². The molecule has 27 heavy (non-hydrogen) atoms. The highest BCUT2D eigenvalue weighted by Gasteiger charge is 2.31. The molecular formula is C20H34N3O3S+. The second kappa shape index (κ2) is 8.71. The zero-order valence-electron chi connectivity index (χ0n) is 17.2. The minimum absolute atomic E-state index is 0.0254. The first-order valence-corrected chi connectivity index (χ1v) is 11.2. The largest absolute Gasteiger partial charge is 0.346 e. The number of piperazine rings is 1. The van der Waals surface area contributed by atoms with Gasteiger partial charge in [-0.05, 0) is 43.9 Å². The zero-order valence-corrected chi connectivity index (χ0v) is 18.0. The van der Waals surface area contributed by atoms with E-state index in [2.05, 4.69) is 19.2 Å². The zero-order chi connectivity index (χ0) is 20.2. The number of amides is 1. The van der Waals surface area contributed by atoms with Gasteiger partial charge in [-0.25, -0.2) is 8.42 Å². The van der Waals surface area contributed by atoms with Crippen molar-refractivity contribution in [3.05, 3.63) is 29.8 Å². The fourth-order valence-corrected chi connectivity index (χ4v) is 4.57. The van der Waals surface area contributed by atoms with Gasteiger partial charge in [-0.15, -0.1) is 0 Å². The number of hydrogen-bond donors (Lipinski definition) is 2. The molecule has 0 bridgehead atoms. The van der Waals surface area contributed by atoms with Crippen LogP contribution in [0.15, 0.2) is 29.2 Å². The number of quaternary nitrogens is 1. The minimum atomic E-state index is -3.47. The molecule has 1 heterocycles. The molecule has 2 rings (SSSR count). The highest BCUT2D eigenvalue weighted by atomic mass is 32.2. The third-order valence-electron chi connectivity index (χ3n) is 5.39. The van der Waals surface area contributed by atoms with Crippen LogP contribution in [0.25, 0.3) is 0 Å². The van der Waals surface area contributed by atoms with Gasteiger partial charge in [0.15, 0.2) is 6.54 Å². The van der Waals surface area contributed by atoms with Crippen molar-refractivity contribution < 1.29 is 18.1 Å². The molecule has 1 saturated heterocycles. The second-order valence-electron chi connectivity index (χ2n) is 8.34. The van der Waals surface area contributed by atoms with E-state index in [1.165, 1.54) is 4.31 Å². The van der Waals surface area contributed by atoms with Crippen molar-refractivity contribution in [1.82, 2.24) is 9.62 Å². The number of carbonyl (C=O) groups is 1. The van der Waals surface area contributed by atoms with E-state index in [9.17, 15) is 13.2 Å². The number of benzene rings is 1. The first-order valence-electron chi connectivity index (χ1n) is 9.80. The van der Waals surface area contributed by atoms with E-state index in [1.54, 1.807) is 12.1 Å². The van der Waals surface area contributed by atoms with Crippen LogP contribution in [0.3, 0.4) is 0 Å². The lowest BCUT2D eigenvalue weighted by atomic mass is 10.0. The van der Waals surface area contributed by atoms with Crippen molar-refractivity contribution >= 4 is 15.9 Å². The monoisotopic (exact) mass is 396 g/mol. The Kier molecular flexibility index (Phi) is 7.05. The van der Waals surface area contributed by atoms with E-state index in [0.29, 0.717) is 43.5 Å². The molecule has 1 aromatic carbocycles. The van der Waals surface area contributed by atoms with E-state index in [0.717, 1.165) is 16.9 Å². The third kappa shape index (κ3) is 5.77. The van der Waals surface area contributed by atoms with Gasteiger partial charge in [0.1, 0.15) is 0 Å². The molecule has 2 N–H and O–H groups in total. The lowest BCUT2D eigenvalue weighted by Crippen LogP contribution is -3.16. The minimum Gasteiger partial charge on any atom is -0.346 e. The Morgan fingerprint density at radius 1 is 1.19 bits per heavy atom. The highest BCUT2D eigenvalue weighted by molar-refractivity contribution is 7.89. The molecule has 152 valence electrons. The molecule has 1 amide bonds. The molecule has 1 fully saturated rings. The summed E-state index contributed by atoms with van der Waals surface area (Å²) in [5.41, 5.74) is 0.924. The predicted octanol–water partition coefficient (Wildman–Crippen LogP) is 1.00. The van der Waals surface area contributed by atoms with Crippen LogP contribution in [0.1, 0.15) is 52.5 Å². The fraction of sp³-hybridized carbons (Fsp3) is 0.650. The Bertz CT molecular complexity index is 734. The van der Waals surface area contributed by atoms with Gasteiger partial charge in [0, 0.05) is 5.54 Å². The van der Waals surface area contributed by atoms with Crippen LogP contribution in [-0.2, 0) is 14.8 Å². The predicted molar refractivity (Wildman–Crippen MR) is 107 cm³/mol. The normalized spacial score (nSPS) is 17.3. The van der Waals surface area contributed by atoms with Gasteiger partial charge in [-0.2, -0.15) is 4.31 Å². The quantitative estimate of drug-likeness (QED) is 0.722. The summed E-state index contributed by atoms with van der Waals surface area (Å²) in [4.78, 5) is 13.7. The molecule has 7 heteroatoms. The van der Waals surface area contributed by atoms with Gasteiger partial charge in [-0.1, -0.05) is 32.9 Å². The summed E-state index contributed by atoms with van der Waals surface area (Å²) < 4.78 is 27.3. The summed E-state index contributed by atoms with van der Waals surface area (Å²) in [6.07, 6.45) is 0.871. The van der Waals surface area contributed by atoms with Gasteiger partial charge >= 0.3 is 0 Å². The molecular weight excluding hydrogens is 362 g/mol. The van der Waals surface area contributed by atoms with Crippen molar-refractivity contribution in [2.24, 2.45) is 0 Å². The molecule has 0 unspecified atom stereocenters. The van der Waals surface area contributed by atoms with Gasteiger partial charge in [0.2, 0.25) is 10.0 Å². The molecule has 1 aliphatic rings. The Morgan fingerprint density at radius 2 is 1.74 bits per heavy atom. The second-order valence-corrected chi connectivity index (χ2v) is 10.3. The molecule has 0 radical (unpaired) electrons. The molecule has 0 saturated carbocycles. The molecule has 1 aliphatic heterocycles. The molecule has 6 nitrogen and oxygen atoms in total. The number of hydrogen-bond acceptors (Lipinski definition) is 3. The average Bonchev–Trinajstić information content (AvgIpc) is 2.61. The van der Waals surface area contributed by atoms with Crippen LogP contribution in [0.5, 0.6) is 0 Å². The van der Waals surface area contributed by atoms with Crippen LogP contribution in [0.2, 0.25) is 0 Å². The number of carbonyl (C=O) groups excluding carboxylic acids is 1. The molecule has 0 aromatic heterocycles. The summed E-state index contributed by atoms with van der Waals surface area (Å²) in [5.74, 6) is 0.398. The van der Waals surface area contributed by atoms with Crippen LogP contribution < -0.4 is 10.2 Å². The maximum atomic E-state index is 12.9. The summed E-state index contributed by atoms with van der Waals surface area (Å²) in [5, 5.41) is 3.04. The van der Waals surface area contributed by atoms with E-state index >= 15 is 0 Å². The van der Waals surface area contributed by atoms with Gasteiger partial charge in [-0.3, -0.25) is 4.79 Å². The molecule has 0 aliphatic carbocycles. The average molecular weight is 397 g/mol. The highest BCUT2D eigenvalue weighted by Crippen LogP contribution is 2.20. The smallest absolute Gasteiger partial charge is 0.275 e. The van der Waals surface area contributed by atoms with Crippen molar-refractivity contribution in [1.29, 1.82) is 0 Å². The van der Waals surface area contributed by atoms with E-state index < -0.39 is 10.0 Å². The van der Waals surface area contributed by atoms with Crippen molar-refractivity contribution in [2.45, 2.75) is 57.4 Å². The maximum absolute atomic E-state index is 12.9. The van der Waals surface area contributed by atoms with Crippen LogP contribution in [0, 0.1) is 0 Å². The number of sulfonamides is 1. The van der Waals surface area contributed by atoms with Crippen LogP contribution in [-0.4, -0.2) is 56.9 Å². The Hall–Kier alpha value is -1.44. The SMILES string of the molecule is CCC(C)(C)NC(=O)C[NH+]1CCN(S(=O)(=O)c2ccc(C(C)C)cc2)CC1. The van der Waals surface area contributed by atoms with E-state index in [-0.39, 0.29) is 11.4 Å². The first kappa shape index (κ1) is 21.9. The summed E-state index contributed by atoms with van der Waals surface area (Å²) >= 11 is 0. The topological polar surface area (TPSA) is 70.9 Å². The summed E-state index contributed by atoms with van der Waals surface area (Å²) in [6.45, 7) is 12.8. The van der Waals surface area contributed by atoms with Gasteiger partial charge in [0.05, 0.1) is 31.1 Å². The molecule has 0 spiro atoms. The van der Waals surface area contributed by atoms with Crippen molar-refractivity contribution in [2.75, 3.05) is 32.7 Å². The van der Waals surface area contributed by atoms with E-state index in [4.69, 9.17) is 0 Å². The summed E-state index contributed by atoms with van der Waals surface area (Å²) in [7, 11) is -3.47. The Morgan fingerprint density at radius 3 is 2.22 bits per heavy atom. The lowest BCUT2D eigenvalue weighted by molar-refractivity contribution is -0.895. The standard InChI is InChI=1S/C20H33N3O3S/c1-6-20(4,5)21-19(24)15-22-11-13-23(14-12-22)27(25,26)18-9-7-17(8-10-18)16(2)3/h7-10,16H,6,11-15H2,1-5H3,(H,21,24)/p+1. The first-order chi connectivity index (χ1) is 12.5. The lowest BCUT2D eigenvalue weighted by Gasteiger charge is -2.32. The van der Waals surface area contributed by atoms with Crippen LogP contribution in [0.4, 0.5) is 0 Å². The fourth-order valence-electron chi connectivity index (χ4n) is 3.13.